The van der Waals surface area contributed by atoms with Gasteiger partial charge in [0.15, 0.2) is 6.71 Å². The lowest BCUT2D eigenvalue weighted by Gasteiger charge is -2.19. The normalized spacial score (nSPS) is 21.1. The van der Waals surface area contributed by atoms with Crippen molar-refractivity contribution in [3.05, 3.63) is 11.5 Å². The van der Waals surface area contributed by atoms with Crippen molar-refractivity contribution < 1.29 is 0 Å². The number of allylic oxidation sites excluding steroid dienone is 2. The Hall–Kier alpha value is -0.195. The van der Waals surface area contributed by atoms with Gasteiger partial charge in [-0.2, -0.15) is 0 Å². The van der Waals surface area contributed by atoms with Gasteiger partial charge in [-0.1, -0.05) is 45.9 Å². The third kappa shape index (κ3) is 3.04. The van der Waals surface area contributed by atoms with Crippen molar-refractivity contribution in [2.24, 2.45) is 5.92 Å². The summed E-state index contributed by atoms with van der Waals surface area (Å²) in [6.45, 7) is 7.59. The summed E-state index contributed by atoms with van der Waals surface area (Å²) in [7, 11) is 0. The van der Waals surface area contributed by atoms with Gasteiger partial charge < -0.3 is 0 Å². The maximum absolute atomic E-state index is 2.52. The standard InChI is InChI=1S/C11H21B/c1-10(12(2)3)9-11-7-5-4-6-8-11/h9,11H,4-8H2,1-3H3/b10-9+. The molecule has 0 unspecified atom stereocenters. The maximum Gasteiger partial charge on any atom is 0.163 e. The molecule has 1 rings (SSSR count). The Morgan fingerprint density at radius 2 is 1.75 bits per heavy atom. The van der Waals surface area contributed by atoms with E-state index >= 15 is 0 Å². The van der Waals surface area contributed by atoms with Gasteiger partial charge in [0.05, 0.1) is 0 Å². The molecule has 1 fully saturated rings. The van der Waals surface area contributed by atoms with E-state index in [4.69, 9.17) is 0 Å². The molecule has 0 nitrogen and oxygen atoms in total. The zero-order valence-corrected chi connectivity index (χ0v) is 8.77. The smallest absolute Gasteiger partial charge is 0.108 e. The van der Waals surface area contributed by atoms with E-state index in [1.807, 2.05) is 0 Å². The van der Waals surface area contributed by atoms with Crippen LogP contribution >= 0.6 is 0 Å². The summed E-state index contributed by atoms with van der Waals surface area (Å²) in [5.41, 5.74) is 1.59. The molecule has 12 heavy (non-hydrogen) atoms. The molecule has 0 bridgehead atoms. The first-order chi connectivity index (χ1) is 5.70. The highest BCUT2D eigenvalue weighted by Gasteiger charge is 2.11. The van der Waals surface area contributed by atoms with E-state index in [2.05, 4.69) is 26.6 Å². The lowest BCUT2D eigenvalue weighted by Crippen LogP contribution is -2.08. The summed E-state index contributed by atoms with van der Waals surface area (Å²) in [6.07, 6.45) is 9.75. The van der Waals surface area contributed by atoms with Crippen LogP contribution in [0.5, 0.6) is 0 Å². The van der Waals surface area contributed by atoms with Gasteiger partial charge in [-0.3, -0.25) is 0 Å². The Kier molecular flexibility index (Phi) is 3.91. The van der Waals surface area contributed by atoms with Gasteiger partial charge in [-0.25, -0.2) is 0 Å². The summed E-state index contributed by atoms with van der Waals surface area (Å²) in [4.78, 5) is 0. The summed E-state index contributed by atoms with van der Waals surface area (Å²) >= 11 is 0. The molecule has 1 aliphatic rings. The second-order valence-corrected chi connectivity index (χ2v) is 4.46. The molecular weight excluding hydrogens is 143 g/mol. The largest absolute Gasteiger partial charge is 0.163 e. The Labute approximate surface area is 77.5 Å². The van der Waals surface area contributed by atoms with Crippen LogP contribution < -0.4 is 0 Å². The summed E-state index contributed by atoms with van der Waals surface area (Å²) in [6, 6.07) is 0. The van der Waals surface area contributed by atoms with E-state index in [0.717, 1.165) is 12.6 Å². The minimum atomic E-state index is 0.743. The van der Waals surface area contributed by atoms with E-state index < -0.39 is 0 Å². The van der Waals surface area contributed by atoms with E-state index in [9.17, 15) is 0 Å². The Morgan fingerprint density at radius 1 is 1.17 bits per heavy atom. The molecule has 0 amide bonds. The number of hydrogen-bond acceptors (Lipinski definition) is 0. The van der Waals surface area contributed by atoms with Crippen molar-refractivity contribution in [3.63, 3.8) is 0 Å². The molecule has 1 heteroatoms. The van der Waals surface area contributed by atoms with Crippen LogP contribution in [0, 0.1) is 5.92 Å². The Balaban J connectivity index is 2.41. The van der Waals surface area contributed by atoms with E-state index in [0.29, 0.717) is 0 Å². The van der Waals surface area contributed by atoms with Crippen molar-refractivity contribution in [1.29, 1.82) is 0 Å². The fourth-order valence-electron chi connectivity index (χ4n) is 1.87. The van der Waals surface area contributed by atoms with Crippen molar-refractivity contribution in [3.8, 4) is 0 Å². The molecule has 0 atom stereocenters. The van der Waals surface area contributed by atoms with Gasteiger partial charge in [-0.15, -0.1) is 5.47 Å². The maximum atomic E-state index is 2.52. The molecular formula is C11H21B. The molecule has 0 N–H and O–H groups in total. The average molecular weight is 164 g/mol. The van der Waals surface area contributed by atoms with Crippen molar-refractivity contribution in [2.75, 3.05) is 0 Å². The molecule has 0 aromatic heterocycles. The molecule has 0 aromatic carbocycles. The zero-order chi connectivity index (χ0) is 8.97. The SMILES string of the molecule is CB(C)/C(C)=C/C1CCCCC1. The van der Waals surface area contributed by atoms with Crippen molar-refractivity contribution in [2.45, 2.75) is 52.7 Å². The highest BCUT2D eigenvalue weighted by Crippen LogP contribution is 2.25. The van der Waals surface area contributed by atoms with Crippen molar-refractivity contribution in [1.82, 2.24) is 0 Å². The zero-order valence-electron chi connectivity index (χ0n) is 8.77. The van der Waals surface area contributed by atoms with Crippen LogP contribution in [0.4, 0.5) is 0 Å². The van der Waals surface area contributed by atoms with Crippen molar-refractivity contribution >= 4 is 6.71 Å². The molecule has 1 saturated carbocycles. The molecule has 0 saturated heterocycles. The van der Waals surface area contributed by atoms with Gasteiger partial charge >= 0.3 is 0 Å². The fraction of sp³-hybridized carbons (Fsp3) is 0.818. The first-order valence-electron chi connectivity index (χ1n) is 5.38. The molecule has 1 aliphatic carbocycles. The predicted molar refractivity (Wildman–Crippen MR) is 57.8 cm³/mol. The van der Waals surface area contributed by atoms with Gasteiger partial charge in [0, 0.05) is 0 Å². The van der Waals surface area contributed by atoms with Crippen LogP contribution in [-0.4, -0.2) is 6.71 Å². The molecule has 0 aromatic rings. The second-order valence-electron chi connectivity index (χ2n) is 4.46. The molecule has 68 valence electrons. The van der Waals surface area contributed by atoms with Crippen LogP contribution in [0.1, 0.15) is 39.0 Å². The lowest BCUT2D eigenvalue weighted by atomic mass is 9.48. The minimum absolute atomic E-state index is 0.743. The van der Waals surface area contributed by atoms with E-state index in [1.165, 1.54) is 32.1 Å². The summed E-state index contributed by atoms with van der Waals surface area (Å²) < 4.78 is 0. The quantitative estimate of drug-likeness (QED) is 0.544. The highest BCUT2D eigenvalue weighted by atomic mass is 14.1. The number of rotatable bonds is 2. The summed E-state index contributed by atoms with van der Waals surface area (Å²) in [5.74, 6) is 0.904. The van der Waals surface area contributed by atoms with Crippen LogP contribution in [0.15, 0.2) is 11.5 Å². The lowest BCUT2D eigenvalue weighted by molar-refractivity contribution is 0.418. The molecule has 0 aliphatic heterocycles. The molecule has 0 radical (unpaired) electrons. The Morgan fingerprint density at radius 3 is 2.25 bits per heavy atom. The topological polar surface area (TPSA) is 0 Å². The van der Waals surface area contributed by atoms with Gasteiger partial charge in [-0.05, 0) is 18.8 Å². The van der Waals surface area contributed by atoms with E-state index in [1.54, 1.807) is 5.47 Å². The molecule has 0 spiro atoms. The van der Waals surface area contributed by atoms with Crippen LogP contribution in [-0.2, 0) is 0 Å². The monoisotopic (exact) mass is 164 g/mol. The average Bonchev–Trinajstić information content (AvgIpc) is 2.06. The minimum Gasteiger partial charge on any atom is -0.108 e. The third-order valence-corrected chi connectivity index (χ3v) is 3.06. The van der Waals surface area contributed by atoms with Crippen LogP contribution in [0.2, 0.25) is 13.6 Å². The fourth-order valence-corrected chi connectivity index (χ4v) is 1.87. The van der Waals surface area contributed by atoms with Gasteiger partial charge in [0.1, 0.15) is 0 Å². The van der Waals surface area contributed by atoms with Gasteiger partial charge in [0.25, 0.3) is 0 Å². The first kappa shape index (κ1) is 9.89. The Bertz CT molecular complexity index is 152. The summed E-state index contributed by atoms with van der Waals surface area (Å²) in [5, 5.41) is 0. The van der Waals surface area contributed by atoms with Crippen LogP contribution in [0.3, 0.4) is 0 Å². The highest BCUT2D eigenvalue weighted by molar-refractivity contribution is 6.63. The second kappa shape index (κ2) is 4.74. The predicted octanol–water partition coefficient (Wildman–Crippen LogP) is 3.81. The number of hydrogen-bond donors (Lipinski definition) is 0. The van der Waals surface area contributed by atoms with Gasteiger partial charge in [0.2, 0.25) is 0 Å². The third-order valence-electron chi connectivity index (χ3n) is 3.06. The molecule has 0 heterocycles. The first-order valence-corrected chi connectivity index (χ1v) is 5.38. The van der Waals surface area contributed by atoms with E-state index in [-0.39, 0.29) is 0 Å². The van der Waals surface area contributed by atoms with Crippen LogP contribution in [0.25, 0.3) is 0 Å².